The van der Waals surface area contributed by atoms with E-state index in [2.05, 4.69) is 11.7 Å². The number of aliphatic carboxylic acids is 1. The second-order valence-corrected chi connectivity index (χ2v) is 5.71. The molecule has 0 aliphatic carbocycles. The molecule has 0 saturated heterocycles. The number of rotatable bonds is 13. The Morgan fingerprint density at radius 3 is 1.60 bits per heavy atom. The van der Waals surface area contributed by atoms with Crippen molar-refractivity contribution in [3.8, 4) is 0 Å². The van der Waals surface area contributed by atoms with Crippen molar-refractivity contribution in [2.75, 3.05) is 0 Å². The summed E-state index contributed by atoms with van der Waals surface area (Å²) >= 11 is 0. The van der Waals surface area contributed by atoms with Gasteiger partial charge >= 0.3 is 41.5 Å². The van der Waals surface area contributed by atoms with E-state index in [-0.39, 0.29) is 36.0 Å². The third-order valence-corrected chi connectivity index (χ3v) is 3.32. The Hall–Kier alpha value is -0.720. The molecule has 7 heteroatoms. The van der Waals surface area contributed by atoms with Gasteiger partial charge in [0.25, 0.3) is 0 Å². The molecule has 0 aliphatic heterocycles. The van der Waals surface area contributed by atoms with Gasteiger partial charge in [0, 0.05) is 12.4 Å². The Morgan fingerprint density at radius 2 is 1.24 bits per heavy atom. The monoisotopic (exact) mass is 365 g/mol. The van der Waals surface area contributed by atoms with Gasteiger partial charge in [-0.05, 0) is 13.3 Å². The second-order valence-electron chi connectivity index (χ2n) is 5.71. The molecule has 0 aromatic rings. The molecule has 0 unspecified atom stereocenters. The largest absolute Gasteiger partial charge is 1.00 e. The van der Waals surface area contributed by atoms with Gasteiger partial charge in [-0.1, -0.05) is 71.1 Å². The SMILES string of the molecule is CC(=O)[O-].CCCCCCCCCCCCCC(=O)OC(=O)C=N.[Na+]. The molecule has 0 rings (SSSR count). The number of carboxylic acids is 1. The van der Waals surface area contributed by atoms with Crippen molar-refractivity contribution < 1.29 is 53.8 Å². The number of unbranched alkanes of at least 4 members (excludes halogenated alkanes) is 10. The van der Waals surface area contributed by atoms with E-state index in [4.69, 9.17) is 15.3 Å². The molecule has 140 valence electrons. The number of nitrogens with one attached hydrogen (secondary N) is 1. The zero-order valence-corrected chi connectivity index (χ0v) is 18.1. The predicted octanol–water partition coefficient (Wildman–Crippen LogP) is 0.167. The van der Waals surface area contributed by atoms with Crippen LogP contribution in [0, 0.1) is 5.41 Å². The molecule has 0 aromatic carbocycles. The van der Waals surface area contributed by atoms with E-state index in [0.29, 0.717) is 6.21 Å². The second kappa shape index (κ2) is 23.3. The Balaban J connectivity index is -0.000000867. The summed E-state index contributed by atoms with van der Waals surface area (Å²) in [7, 11) is 0. The van der Waals surface area contributed by atoms with Crippen LogP contribution in [0.3, 0.4) is 0 Å². The van der Waals surface area contributed by atoms with Crippen LogP contribution in [0.2, 0.25) is 0 Å². The minimum atomic E-state index is -1.08. The van der Waals surface area contributed by atoms with Gasteiger partial charge in [0.1, 0.15) is 6.21 Å². The molecule has 1 N–H and O–H groups in total. The first-order chi connectivity index (χ1) is 11.4. The summed E-state index contributed by atoms with van der Waals surface area (Å²) in [6, 6.07) is 0. The Labute approximate surface area is 173 Å². The van der Waals surface area contributed by atoms with Gasteiger partial charge < -0.3 is 20.0 Å². The van der Waals surface area contributed by atoms with Gasteiger partial charge in [0.15, 0.2) is 0 Å². The average molecular weight is 365 g/mol. The van der Waals surface area contributed by atoms with Crippen molar-refractivity contribution in [3.63, 3.8) is 0 Å². The fraction of sp³-hybridized carbons (Fsp3) is 0.778. The van der Waals surface area contributed by atoms with Gasteiger partial charge in [-0.3, -0.25) is 4.79 Å². The van der Waals surface area contributed by atoms with Crippen LogP contribution in [0.1, 0.15) is 90.9 Å². The number of carbonyl (C=O) groups excluding carboxylic acids is 3. The van der Waals surface area contributed by atoms with E-state index in [1.54, 1.807) is 0 Å². The smallest absolute Gasteiger partial charge is 0.550 e. The van der Waals surface area contributed by atoms with Crippen LogP contribution < -0.4 is 34.7 Å². The van der Waals surface area contributed by atoms with Crippen LogP contribution in [0.5, 0.6) is 0 Å². The molecule has 0 aromatic heterocycles. The van der Waals surface area contributed by atoms with E-state index in [1.165, 1.54) is 51.4 Å². The number of carboxylic acid groups (broad SMARTS) is 1. The Kier molecular flexibility index (Phi) is 27.1. The molecule has 0 spiro atoms. The first-order valence-electron chi connectivity index (χ1n) is 8.86. The molecule has 0 aliphatic rings. The standard InChI is InChI=1S/C16H29NO3.C2H4O2.Na/c1-2-3-4-5-6-7-8-9-10-11-12-13-15(18)20-16(19)14-17;1-2(3)4;/h14,17H,2-13H2,1H3;1H3,(H,3,4);/q;;+1/p-1. The van der Waals surface area contributed by atoms with E-state index < -0.39 is 17.9 Å². The molecule has 0 bridgehead atoms. The number of hydrogen-bond acceptors (Lipinski definition) is 6. The summed E-state index contributed by atoms with van der Waals surface area (Å²) in [5.41, 5.74) is 0. The van der Waals surface area contributed by atoms with E-state index in [0.717, 1.165) is 26.2 Å². The van der Waals surface area contributed by atoms with Crippen LogP contribution in [-0.2, 0) is 19.1 Å². The first kappa shape index (κ1) is 29.1. The van der Waals surface area contributed by atoms with Gasteiger partial charge in [-0.15, -0.1) is 0 Å². The number of esters is 2. The van der Waals surface area contributed by atoms with Gasteiger partial charge in [-0.25, -0.2) is 4.79 Å². The molecule has 0 saturated carbocycles. The summed E-state index contributed by atoms with van der Waals surface area (Å²) in [6.07, 6.45) is 14.3. The minimum Gasteiger partial charge on any atom is -0.550 e. The fourth-order valence-electron chi connectivity index (χ4n) is 2.13. The van der Waals surface area contributed by atoms with Gasteiger partial charge in [0.05, 0.1) is 0 Å². The maximum Gasteiger partial charge on any atom is 1.00 e. The van der Waals surface area contributed by atoms with Crippen molar-refractivity contribution in [1.82, 2.24) is 0 Å². The molecule has 6 nitrogen and oxygen atoms in total. The van der Waals surface area contributed by atoms with Crippen molar-refractivity contribution in [3.05, 3.63) is 0 Å². The Morgan fingerprint density at radius 1 is 0.880 bits per heavy atom. The van der Waals surface area contributed by atoms with E-state index in [9.17, 15) is 9.59 Å². The summed E-state index contributed by atoms with van der Waals surface area (Å²) in [5.74, 6) is -2.48. The van der Waals surface area contributed by atoms with Crippen molar-refractivity contribution in [2.24, 2.45) is 0 Å². The number of hydrogen-bond donors (Lipinski definition) is 1. The normalized spacial score (nSPS) is 9.20. The molecule has 25 heavy (non-hydrogen) atoms. The molecule has 0 atom stereocenters. The molecule has 0 heterocycles. The minimum absolute atomic E-state index is 0. The zero-order valence-electron chi connectivity index (χ0n) is 16.1. The van der Waals surface area contributed by atoms with Crippen molar-refractivity contribution >= 4 is 24.1 Å². The topological polar surface area (TPSA) is 107 Å². The molecular weight excluding hydrogens is 333 g/mol. The third-order valence-electron chi connectivity index (χ3n) is 3.32. The maximum absolute atomic E-state index is 11.1. The number of ether oxygens (including phenoxy) is 1. The predicted molar refractivity (Wildman–Crippen MR) is 91.6 cm³/mol. The molecule has 0 amide bonds. The van der Waals surface area contributed by atoms with Crippen molar-refractivity contribution in [1.29, 1.82) is 5.41 Å². The summed E-state index contributed by atoms with van der Waals surface area (Å²) < 4.78 is 4.37. The van der Waals surface area contributed by atoms with Crippen LogP contribution in [0.15, 0.2) is 0 Å². The number of carbonyl (C=O) groups is 3. The quantitative estimate of drug-likeness (QED) is 0.165. The fourth-order valence-corrected chi connectivity index (χ4v) is 2.13. The van der Waals surface area contributed by atoms with E-state index in [1.807, 2.05) is 0 Å². The molecule has 0 radical (unpaired) electrons. The summed E-state index contributed by atoms with van der Waals surface area (Å²) in [5, 5.41) is 15.5. The average Bonchev–Trinajstić information content (AvgIpc) is 2.52. The van der Waals surface area contributed by atoms with Crippen LogP contribution in [0.4, 0.5) is 0 Å². The van der Waals surface area contributed by atoms with Crippen LogP contribution in [-0.4, -0.2) is 24.1 Å². The van der Waals surface area contributed by atoms with Gasteiger partial charge in [0.2, 0.25) is 0 Å². The molecular formula is C18H32NNaO5. The maximum atomic E-state index is 11.1. The Bertz CT molecular complexity index is 357. The zero-order chi connectivity index (χ0) is 18.6. The third kappa shape index (κ3) is 31.5. The first-order valence-corrected chi connectivity index (χ1v) is 8.86. The van der Waals surface area contributed by atoms with Gasteiger partial charge in [-0.2, -0.15) is 0 Å². The van der Waals surface area contributed by atoms with Crippen molar-refractivity contribution in [2.45, 2.75) is 90.9 Å². The molecule has 0 fully saturated rings. The summed E-state index contributed by atoms with van der Waals surface area (Å²) in [4.78, 5) is 30.7. The van der Waals surface area contributed by atoms with Crippen LogP contribution >= 0.6 is 0 Å². The van der Waals surface area contributed by atoms with E-state index >= 15 is 0 Å². The van der Waals surface area contributed by atoms with Crippen LogP contribution in [0.25, 0.3) is 0 Å². The summed E-state index contributed by atoms with van der Waals surface area (Å²) in [6.45, 7) is 3.21.